The number of aliphatic hydroxyl groups is 1. The zero-order valence-electron chi connectivity index (χ0n) is 29.8. The third-order valence-electron chi connectivity index (χ3n) is 9.06. The van der Waals surface area contributed by atoms with Gasteiger partial charge in [-0.3, -0.25) is 14.4 Å². The van der Waals surface area contributed by atoms with Crippen LogP contribution in [0.4, 0.5) is 17.6 Å². The van der Waals surface area contributed by atoms with Gasteiger partial charge in [-0.1, -0.05) is 39.0 Å². The summed E-state index contributed by atoms with van der Waals surface area (Å²) in [5, 5.41) is 14.6. The summed E-state index contributed by atoms with van der Waals surface area (Å²) in [5.41, 5.74) is -2.83. The Morgan fingerprint density at radius 3 is 2.18 bits per heavy atom. The first-order chi connectivity index (χ1) is 23.2. The lowest BCUT2D eigenvalue weighted by molar-refractivity contribution is -0.153. The number of carbonyl (C=O) groups is 2. The van der Waals surface area contributed by atoms with Gasteiger partial charge in [-0.25, -0.2) is 4.39 Å². The number of carbonyl (C=O) groups excluding carboxylic acids is 2. The van der Waals surface area contributed by atoms with Crippen molar-refractivity contribution in [1.82, 2.24) is 14.8 Å². The van der Waals surface area contributed by atoms with Crippen molar-refractivity contribution in [2.75, 3.05) is 26.2 Å². The Kier molecular flexibility index (Phi) is 11.7. The largest absolute Gasteiger partial charge is 0.466 e. The SMILES string of the molecule is CCOC(=O)CC(O)(NC(=O)C(CC(C)(C)C)n1cc(CCN2CCC2)c(C(F)(F)F)cc1=O)c1cc(-c2c(C)cccc2C)cc(C)c1F. The third-order valence-corrected chi connectivity index (χ3v) is 9.06. The van der Waals surface area contributed by atoms with Gasteiger partial charge in [-0.2, -0.15) is 13.2 Å². The van der Waals surface area contributed by atoms with Crippen LogP contribution in [-0.4, -0.2) is 52.7 Å². The van der Waals surface area contributed by atoms with Crippen LogP contribution in [-0.2, 0) is 32.6 Å². The number of ether oxygens (including phenoxy) is 1. The Labute approximate surface area is 290 Å². The summed E-state index contributed by atoms with van der Waals surface area (Å²) in [6.07, 6.45) is -3.74. The fourth-order valence-electron chi connectivity index (χ4n) is 6.48. The van der Waals surface area contributed by atoms with E-state index in [-0.39, 0.29) is 30.6 Å². The molecule has 2 aromatic carbocycles. The number of halogens is 4. The molecule has 2 N–H and O–H groups in total. The van der Waals surface area contributed by atoms with Gasteiger partial charge in [0.05, 0.1) is 18.6 Å². The van der Waals surface area contributed by atoms with Crippen molar-refractivity contribution in [3.63, 3.8) is 0 Å². The monoisotopic (exact) mass is 701 g/mol. The van der Waals surface area contributed by atoms with Gasteiger partial charge in [0.15, 0.2) is 5.72 Å². The molecule has 3 aromatic rings. The van der Waals surface area contributed by atoms with Crippen molar-refractivity contribution in [1.29, 1.82) is 0 Å². The summed E-state index contributed by atoms with van der Waals surface area (Å²) in [6.45, 7) is 14.0. The van der Waals surface area contributed by atoms with Crippen LogP contribution in [0, 0.1) is 32.0 Å². The number of aryl methyl sites for hydroxylation is 3. The third kappa shape index (κ3) is 9.00. The van der Waals surface area contributed by atoms with E-state index in [2.05, 4.69) is 5.32 Å². The van der Waals surface area contributed by atoms with Gasteiger partial charge in [0, 0.05) is 24.4 Å². The number of hydrogen-bond donors (Lipinski definition) is 2. The van der Waals surface area contributed by atoms with Gasteiger partial charge in [-0.05, 0) is 111 Å². The van der Waals surface area contributed by atoms with E-state index in [4.69, 9.17) is 4.74 Å². The minimum Gasteiger partial charge on any atom is -0.466 e. The number of esters is 1. The molecule has 8 nitrogen and oxygen atoms in total. The summed E-state index contributed by atoms with van der Waals surface area (Å²) in [6, 6.07) is 7.66. The van der Waals surface area contributed by atoms with E-state index in [1.807, 2.05) is 36.9 Å². The molecule has 0 saturated carbocycles. The summed E-state index contributed by atoms with van der Waals surface area (Å²) in [4.78, 5) is 42.7. The molecule has 1 aliphatic heterocycles. The van der Waals surface area contributed by atoms with Crippen LogP contribution in [0.15, 0.2) is 47.4 Å². The average molecular weight is 702 g/mol. The molecule has 0 bridgehead atoms. The lowest BCUT2D eigenvalue weighted by atomic mass is 9.86. The molecule has 0 radical (unpaired) electrons. The number of pyridine rings is 1. The predicted molar refractivity (Wildman–Crippen MR) is 183 cm³/mol. The second-order valence-electron chi connectivity index (χ2n) is 14.4. The number of alkyl halides is 3. The van der Waals surface area contributed by atoms with Crippen LogP contribution in [0.25, 0.3) is 11.1 Å². The standard InChI is InChI=1S/C38H47F4N3O5/c1-8-50-32(47)21-37(49,29-18-27(17-25(4)34(29)39)33-23(2)11-9-12-24(33)3)43-35(48)30(20-36(5,6)7)45-22-26(13-16-44-14-10-15-44)28(19-31(45)46)38(40,41)42/h9,11-12,17-19,22,30,49H,8,10,13-16,20-21H2,1-7H3,(H,43,48). The van der Waals surface area contributed by atoms with Gasteiger partial charge in [0.25, 0.3) is 5.56 Å². The molecule has 272 valence electrons. The topological polar surface area (TPSA) is 101 Å². The maximum Gasteiger partial charge on any atom is 0.416 e. The summed E-state index contributed by atoms with van der Waals surface area (Å²) in [7, 11) is 0. The number of nitrogens with one attached hydrogen (secondary N) is 1. The van der Waals surface area contributed by atoms with E-state index >= 15 is 4.39 Å². The lowest BCUT2D eigenvalue weighted by Crippen LogP contribution is -2.51. The quantitative estimate of drug-likeness (QED) is 0.123. The second-order valence-corrected chi connectivity index (χ2v) is 14.4. The van der Waals surface area contributed by atoms with Crippen molar-refractivity contribution in [2.45, 2.75) is 92.1 Å². The highest BCUT2D eigenvalue weighted by Crippen LogP contribution is 2.37. The molecule has 0 spiro atoms. The molecule has 2 atom stereocenters. The molecule has 1 amide bonds. The van der Waals surface area contributed by atoms with Crippen molar-refractivity contribution in [3.8, 4) is 11.1 Å². The molecule has 4 rings (SSSR count). The number of rotatable bonds is 12. The molecule has 2 unspecified atom stereocenters. The molecule has 1 aliphatic rings. The number of amides is 1. The molecular formula is C38H47F4N3O5. The van der Waals surface area contributed by atoms with E-state index in [1.165, 1.54) is 13.0 Å². The molecule has 1 saturated heterocycles. The molecular weight excluding hydrogens is 654 g/mol. The summed E-state index contributed by atoms with van der Waals surface area (Å²) < 4.78 is 64.5. The minimum atomic E-state index is -4.81. The first-order valence-corrected chi connectivity index (χ1v) is 16.9. The van der Waals surface area contributed by atoms with Gasteiger partial charge >= 0.3 is 12.1 Å². The van der Waals surface area contributed by atoms with Gasteiger partial charge < -0.3 is 24.6 Å². The van der Waals surface area contributed by atoms with Crippen molar-refractivity contribution in [3.05, 3.63) is 92.1 Å². The predicted octanol–water partition coefficient (Wildman–Crippen LogP) is 6.74. The van der Waals surface area contributed by atoms with Crippen LogP contribution in [0.2, 0.25) is 0 Å². The molecule has 1 fully saturated rings. The van der Waals surface area contributed by atoms with E-state index in [9.17, 15) is 32.7 Å². The smallest absolute Gasteiger partial charge is 0.416 e. The number of aromatic nitrogens is 1. The van der Waals surface area contributed by atoms with Crippen LogP contribution in [0.1, 0.15) is 86.4 Å². The Morgan fingerprint density at radius 1 is 1.00 bits per heavy atom. The maximum absolute atomic E-state index is 16.1. The van der Waals surface area contributed by atoms with Crippen LogP contribution in [0.5, 0.6) is 0 Å². The van der Waals surface area contributed by atoms with Crippen LogP contribution < -0.4 is 10.9 Å². The van der Waals surface area contributed by atoms with E-state index in [0.717, 1.165) is 47.0 Å². The zero-order chi connectivity index (χ0) is 37.2. The van der Waals surface area contributed by atoms with Crippen LogP contribution >= 0.6 is 0 Å². The Hall–Kier alpha value is -4.03. The van der Waals surface area contributed by atoms with Gasteiger partial charge in [0.1, 0.15) is 11.9 Å². The molecule has 1 aromatic heterocycles. The highest BCUT2D eigenvalue weighted by atomic mass is 19.4. The van der Waals surface area contributed by atoms with Crippen molar-refractivity contribution < 1.29 is 37.0 Å². The highest BCUT2D eigenvalue weighted by molar-refractivity contribution is 5.83. The van der Waals surface area contributed by atoms with E-state index in [1.54, 1.807) is 33.8 Å². The normalized spacial score (nSPS) is 15.6. The van der Waals surface area contributed by atoms with E-state index in [0.29, 0.717) is 18.2 Å². The molecule has 50 heavy (non-hydrogen) atoms. The number of hydrogen-bond acceptors (Lipinski definition) is 6. The summed E-state index contributed by atoms with van der Waals surface area (Å²) >= 11 is 0. The molecule has 0 aliphatic carbocycles. The number of nitrogens with zero attached hydrogens (tertiary/aromatic N) is 2. The van der Waals surface area contributed by atoms with Crippen LogP contribution in [0.3, 0.4) is 0 Å². The highest BCUT2D eigenvalue weighted by Gasteiger charge is 2.42. The van der Waals surface area contributed by atoms with Crippen molar-refractivity contribution in [2.24, 2.45) is 5.41 Å². The Bertz CT molecular complexity index is 1770. The average Bonchev–Trinajstić information content (AvgIpc) is 2.96. The van der Waals surface area contributed by atoms with E-state index < -0.39 is 64.2 Å². The first kappa shape index (κ1) is 38.8. The Morgan fingerprint density at radius 2 is 1.64 bits per heavy atom. The number of likely N-dealkylation sites (tertiary alicyclic amines) is 1. The molecule has 2 heterocycles. The Balaban J connectivity index is 1.86. The maximum atomic E-state index is 16.1. The zero-order valence-corrected chi connectivity index (χ0v) is 29.8. The first-order valence-electron chi connectivity index (χ1n) is 16.9. The number of benzene rings is 2. The lowest BCUT2D eigenvalue weighted by Gasteiger charge is -2.34. The minimum absolute atomic E-state index is 0.0125. The molecule has 12 heteroatoms. The van der Waals surface area contributed by atoms with Crippen molar-refractivity contribution >= 4 is 11.9 Å². The van der Waals surface area contributed by atoms with Gasteiger partial charge in [0.2, 0.25) is 5.91 Å². The fourth-order valence-corrected chi connectivity index (χ4v) is 6.48. The summed E-state index contributed by atoms with van der Waals surface area (Å²) in [5.74, 6) is -2.80. The fraction of sp³-hybridized carbons (Fsp3) is 0.500. The van der Waals surface area contributed by atoms with Gasteiger partial charge in [-0.15, -0.1) is 0 Å². The second kappa shape index (κ2) is 15.1.